The maximum atomic E-state index is 13.8. The van der Waals surface area contributed by atoms with E-state index in [4.69, 9.17) is 0 Å². The Kier molecular flexibility index (Phi) is 7.38. The summed E-state index contributed by atoms with van der Waals surface area (Å²) in [6, 6.07) is 7.58. The number of nitrogens with zero attached hydrogens (tertiary/aromatic N) is 2. The highest BCUT2D eigenvalue weighted by molar-refractivity contribution is 8.00. The van der Waals surface area contributed by atoms with Gasteiger partial charge in [-0.2, -0.15) is 0 Å². The van der Waals surface area contributed by atoms with Crippen LogP contribution in [0.2, 0.25) is 0 Å². The summed E-state index contributed by atoms with van der Waals surface area (Å²) in [4.78, 5) is 29.3. The van der Waals surface area contributed by atoms with Crippen molar-refractivity contribution in [3.05, 3.63) is 52.2 Å². The van der Waals surface area contributed by atoms with Crippen molar-refractivity contribution in [1.29, 1.82) is 0 Å². The van der Waals surface area contributed by atoms with Gasteiger partial charge in [-0.05, 0) is 25.0 Å². The van der Waals surface area contributed by atoms with Crippen molar-refractivity contribution < 1.29 is 9.18 Å². The molecule has 0 radical (unpaired) electrons. The van der Waals surface area contributed by atoms with E-state index in [2.05, 4.69) is 10.3 Å². The molecule has 7 heteroatoms. The average Bonchev–Trinajstić information content (AvgIpc) is 2.63. The van der Waals surface area contributed by atoms with E-state index in [-0.39, 0.29) is 17.2 Å². The Morgan fingerprint density at radius 1 is 1.35 bits per heavy atom. The summed E-state index contributed by atoms with van der Waals surface area (Å²) in [6.45, 7) is 3.97. The molecule has 0 aliphatic rings. The van der Waals surface area contributed by atoms with Crippen LogP contribution in [0.25, 0.3) is 0 Å². The lowest BCUT2D eigenvalue weighted by Crippen LogP contribution is -2.28. The number of rotatable bonds is 8. The van der Waals surface area contributed by atoms with E-state index in [9.17, 15) is 14.0 Å². The number of carbonyl (C=O) groups excluding carboxylic acids is 1. The van der Waals surface area contributed by atoms with Gasteiger partial charge in [0.2, 0.25) is 5.91 Å². The Morgan fingerprint density at radius 2 is 2.08 bits per heavy atom. The molecule has 1 atom stereocenters. The molecule has 0 bridgehead atoms. The van der Waals surface area contributed by atoms with Crippen molar-refractivity contribution in [2.75, 3.05) is 5.32 Å². The highest BCUT2D eigenvalue weighted by atomic mass is 32.2. The summed E-state index contributed by atoms with van der Waals surface area (Å²) >= 11 is 1.25. The lowest BCUT2D eigenvalue weighted by atomic mass is 10.2. The number of aromatic nitrogens is 2. The van der Waals surface area contributed by atoms with Crippen LogP contribution in [0.4, 0.5) is 10.1 Å². The number of aryl methyl sites for hydroxylation is 1. The first-order valence-electron chi connectivity index (χ1n) is 8.75. The van der Waals surface area contributed by atoms with Crippen molar-refractivity contribution in [2.24, 2.45) is 7.05 Å². The summed E-state index contributed by atoms with van der Waals surface area (Å²) in [5.41, 5.74) is 0.700. The van der Waals surface area contributed by atoms with Gasteiger partial charge in [0.05, 0.1) is 10.9 Å². The van der Waals surface area contributed by atoms with Gasteiger partial charge in [0, 0.05) is 18.8 Å². The molecule has 5 nitrogen and oxygen atoms in total. The molecule has 1 aromatic carbocycles. The van der Waals surface area contributed by atoms with Gasteiger partial charge in [0.25, 0.3) is 5.56 Å². The van der Waals surface area contributed by atoms with Gasteiger partial charge in [-0.1, -0.05) is 50.6 Å². The number of amides is 1. The van der Waals surface area contributed by atoms with E-state index in [0.717, 1.165) is 12.8 Å². The van der Waals surface area contributed by atoms with Crippen LogP contribution in [0.15, 0.2) is 40.3 Å². The fraction of sp³-hybridized carbons (Fsp3) is 0.421. The first kappa shape index (κ1) is 20.2. The molecule has 1 heterocycles. The fourth-order valence-corrected chi connectivity index (χ4v) is 3.51. The Balaban J connectivity index is 2.24. The molecule has 2 rings (SSSR count). The molecule has 26 heavy (non-hydrogen) atoms. The number of nitrogens with one attached hydrogen (secondary N) is 1. The van der Waals surface area contributed by atoms with Crippen molar-refractivity contribution in [3.63, 3.8) is 0 Å². The largest absolute Gasteiger partial charge is 0.323 e. The van der Waals surface area contributed by atoms with Crippen molar-refractivity contribution in [2.45, 2.75) is 49.9 Å². The van der Waals surface area contributed by atoms with Gasteiger partial charge < -0.3 is 5.32 Å². The first-order valence-corrected chi connectivity index (χ1v) is 9.63. The van der Waals surface area contributed by atoms with E-state index in [1.165, 1.54) is 34.5 Å². The zero-order chi connectivity index (χ0) is 19.1. The van der Waals surface area contributed by atoms with Crippen LogP contribution in [0, 0.1) is 5.82 Å². The van der Waals surface area contributed by atoms with Crippen LogP contribution >= 0.6 is 11.8 Å². The third-order valence-electron chi connectivity index (χ3n) is 4.00. The smallest absolute Gasteiger partial charge is 0.254 e. The van der Waals surface area contributed by atoms with Gasteiger partial charge in [-0.3, -0.25) is 14.2 Å². The molecule has 0 aliphatic carbocycles. The highest BCUT2D eigenvalue weighted by Crippen LogP contribution is 2.26. The Hall–Kier alpha value is -2.15. The van der Waals surface area contributed by atoms with E-state index < -0.39 is 11.1 Å². The number of unbranched alkanes of at least 4 members (excludes halogenated alkanes) is 1. The van der Waals surface area contributed by atoms with Crippen LogP contribution in [-0.2, 0) is 18.3 Å². The minimum atomic E-state index is -0.474. The number of carbonyl (C=O) groups is 1. The molecule has 1 amide bonds. The highest BCUT2D eigenvalue weighted by Gasteiger charge is 2.23. The summed E-state index contributed by atoms with van der Waals surface area (Å²) < 4.78 is 15.3. The maximum absolute atomic E-state index is 13.8. The third-order valence-corrected chi connectivity index (χ3v) is 5.31. The molecule has 140 valence electrons. The second-order valence-electron chi connectivity index (χ2n) is 6.00. The molecule has 0 saturated heterocycles. The average molecular weight is 377 g/mol. The summed E-state index contributed by atoms with van der Waals surface area (Å²) in [6.07, 6.45) is 3.05. The first-order chi connectivity index (χ1) is 12.5. The summed E-state index contributed by atoms with van der Waals surface area (Å²) in [5, 5.41) is 2.69. The second-order valence-corrected chi connectivity index (χ2v) is 7.17. The van der Waals surface area contributed by atoms with Gasteiger partial charge in [0.1, 0.15) is 5.82 Å². The molecular weight excluding hydrogens is 353 g/mol. The lowest BCUT2D eigenvalue weighted by Gasteiger charge is -2.17. The molecule has 2 aromatic rings. The van der Waals surface area contributed by atoms with Crippen molar-refractivity contribution in [3.8, 4) is 0 Å². The third kappa shape index (κ3) is 5.17. The van der Waals surface area contributed by atoms with Crippen LogP contribution in [0.1, 0.15) is 38.8 Å². The molecular formula is C19H24FN3O2S. The number of thioether (sulfide) groups is 1. The van der Waals surface area contributed by atoms with Gasteiger partial charge >= 0.3 is 0 Å². The Morgan fingerprint density at radius 3 is 2.73 bits per heavy atom. The Bertz CT molecular complexity index is 823. The van der Waals surface area contributed by atoms with E-state index in [0.29, 0.717) is 23.7 Å². The predicted molar refractivity (Wildman–Crippen MR) is 103 cm³/mol. The molecule has 1 N–H and O–H groups in total. The normalized spacial score (nSPS) is 12.0. The van der Waals surface area contributed by atoms with E-state index in [1.54, 1.807) is 19.2 Å². The molecule has 1 aromatic heterocycles. The standard InChI is InChI=1S/C19H24FN3O2S/c1-4-6-11-16(18(25)22-15-10-8-7-9-14(15)20)26-19-21-13(5-2)12-17(24)23(19)3/h7-10,12,16H,4-6,11H2,1-3H3,(H,22,25). The van der Waals surface area contributed by atoms with Gasteiger partial charge in [-0.25, -0.2) is 9.37 Å². The fourth-order valence-electron chi connectivity index (χ4n) is 2.39. The van der Waals surface area contributed by atoms with Gasteiger partial charge in [-0.15, -0.1) is 0 Å². The second kappa shape index (κ2) is 9.52. The summed E-state index contributed by atoms with van der Waals surface area (Å²) in [7, 11) is 1.64. The number of anilines is 1. The quantitative estimate of drug-likeness (QED) is 0.562. The number of para-hydroxylation sites is 1. The van der Waals surface area contributed by atoms with E-state index >= 15 is 0 Å². The maximum Gasteiger partial charge on any atom is 0.254 e. The minimum absolute atomic E-state index is 0.150. The zero-order valence-electron chi connectivity index (χ0n) is 15.3. The monoisotopic (exact) mass is 377 g/mol. The van der Waals surface area contributed by atoms with Gasteiger partial charge in [0.15, 0.2) is 5.16 Å². The Labute approximate surface area is 157 Å². The number of hydrogen-bond acceptors (Lipinski definition) is 4. The molecule has 0 spiro atoms. The van der Waals surface area contributed by atoms with E-state index in [1.807, 2.05) is 13.8 Å². The number of hydrogen-bond donors (Lipinski definition) is 1. The van der Waals surface area contributed by atoms with Crippen LogP contribution in [-0.4, -0.2) is 20.7 Å². The zero-order valence-corrected chi connectivity index (χ0v) is 16.1. The molecule has 0 saturated carbocycles. The van der Waals surface area contributed by atoms with Crippen LogP contribution in [0.3, 0.4) is 0 Å². The number of benzene rings is 1. The SMILES string of the molecule is CCCCC(Sc1nc(CC)cc(=O)n1C)C(=O)Nc1ccccc1F. The van der Waals surface area contributed by atoms with Crippen molar-refractivity contribution >= 4 is 23.4 Å². The molecule has 1 unspecified atom stereocenters. The summed E-state index contributed by atoms with van der Waals surface area (Å²) in [5.74, 6) is -0.761. The van der Waals surface area contributed by atoms with Crippen molar-refractivity contribution in [1.82, 2.24) is 9.55 Å². The van der Waals surface area contributed by atoms with Crippen LogP contribution < -0.4 is 10.9 Å². The molecule has 0 aliphatic heterocycles. The topological polar surface area (TPSA) is 64.0 Å². The lowest BCUT2D eigenvalue weighted by molar-refractivity contribution is -0.115. The predicted octanol–water partition coefficient (Wildman–Crippen LogP) is 3.77. The number of halogens is 1. The minimum Gasteiger partial charge on any atom is -0.323 e. The van der Waals surface area contributed by atoms with Crippen LogP contribution in [0.5, 0.6) is 0 Å². The molecule has 0 fully saturated rings.